The van der Waals surface area contributed by atoms with Gasteiger partial charge in [-0.25, -0.2) is 4.79 Å². The first-order valence-corrected chi connectivity index (χ1v) is 6.57. The van der Waals surface area contributed by atoms with Crippen LogP contribution < -0.4 is 15.4 Å². The summed E-state index contributed by atoms with van der Waals surface area (Å²) in [6.07, 6.45) is 1.23. The van der Waals surface area contributed by atoms with E-state index in [2.05, 4.69) is 10.6 Å². The standard InChI is InChI=1S/C14H18N2O4/c1-2-20-11-5-3-4-10(8-11)16-13(19)15-9-14(6-7-14)12(17)18/h3-5,8H,2,6-7,9H2,1H3,(H,17,18)(H2,15,16,19). The summed E-state index contributed by atoms with van der Waals surface area (Å²) in [6, 6.07) is 6.63. The van der Waals surface area contributed by atoms with Crippen molar-refractivity contribution in [1.29, 1.82) is 0 Å². The fraction of sp³-hybridized carbons (Fsp3) is 0.429. The summed E-state index contributed by atoms with van der Waals surface area (Å²) in [4.78, 5) is 22.7. The summed E-state index contributed by atoms with van der Waals surface area (Å²) >= 11 is 0. The molecule has 0 atom stereocenters. The lowest BCUT2D eigenvalue weighted by molar-refractivity contribution is -0.143. The molecule has 3 N–H and O–H groups in total. The van der Waals surface area contributed by atoms with E-state index >= 15 is 0 Å². The van der Waals surface area contributed by atoms with E-state index in [0.29, 0.717) is 30.9 Å². The van der Waals surface area contributed by atoms with Gasteiger partial charge in [0, 0.05) is 18.3 Å². The van der Waals surface area contributed by atoms with Crippen molar-refractivity contribution in [2.75, 3.05) is 18.5 Å². The molecular weight excluding hydrogens is 260 g/mol. The predicted molar refractivity (Wildman–Crippen MR) is 73.9 cm³/mol. The average molecular weight is 278 g/mol. The Balaban J connectivity index is 1.85. The Labute approximate surface area is 117 Å². The van der Waals surface area contributed by atoms with E-state index in [9.17, 15) is 9.59 Å². The maximum atomic E-state index is 11.7. The fourth-order valence-electron chi connectivity index (χ4n) is 1.87. The van der Waals surface area contributed by atoms with Crippen LogP contribution in [-0.4, -0.2) is 30.3 Å². The molecule has 1 fully saturated rings. The number of amides is 2. The average Bonchev–Trinajstić information content (AvgIpc) is 3.18. The largest absolute Gasteiger partial charge is 0.494 e. The topological polar surface area (TPSA) is 87.7 Å². The van der Waals surface area contributed by atoms with Crippen LogP contribution in [0.2, 0.25) is 0 Å². The third-order valence-corrected chi connectivity index (χ3v) is 3.30. The molecule has 0 spiro atoms. The van der Waals surface area contributed by atoms with Crippen molar-refractivity contribution >= 4 is 17.7 Å². The van der Waals surface area contributed by atoms with Crippen molar-refractivity contribution in [3.05, 3.63) is 24.3 Å². The van der Waals surface area contributed by atoms with Crippen molar-refractivity contribution < 1.29 is 19.4 Å². The highest BCUT2D eigenvalue weighted by atomic mass is 16.5. The Morgan fingerprint density at radius 1 is 1.40 bits per heavy atom. The second kappa shape index (κ2) is 5.81. The van der Waals surface area contributed by atoms with Gasteiger partial charge in [-0.05, 0) is 31.9 Å². The lowest BCUT2D eigenvalue weighted by Gasteiger charge is -2.12. The van der Waals surface area contributed by atoms with Gasteiger partial charge in [-0.2, -0.15) is 0 Å². The second-order valence-electron chi connectivity index (χ2n) is 4.85. The van der Waals surface area contributed by atoms with Gasteiger partial charge in [0.2, 0.25) is 0 Å². The molecule has 2 amide bonds. The van der Waals surface area contributed by atoms with Crippen LogP contribution in [0.3, 0.4) is 0 Å². The third kappa shape index (κ3) is 3.40. The highest BCUT2D eigenvalue weighted by Crippen LogP contribution is 2.45. The quantitative estimate of drug-likeness (QED) is 0.743. The Kier molecular flexibility index (Phi) is 4.12. The Hall–Kier alpha value is -2.24. The Morgan fingerprint density at radius 3 is 2.75 bits per heavy atom. The minimum Gasteiger partial charge on any atom is -0.494 e. The lowest BCUT2D eigenvalue weighted by Crippen LogP contribution is -2.36. The molecular formula is C14H18N2O4. The zero-order chi connectivity index (χ0) is 14.6. The van der Waals surface area contributed by atoms with Crippen LogP contribution in [0.1, 0.15) is 19.8 Å². The number of carbonyl (C=O) groups excluding carboxylic acids is 1. The molecule has 1 aliphatic rings. The van der Waals surface area contributed by atoms with Crippen LogP contribution in [0.25, 0.3) is 0 Å². The van der Waals surface area contributed by atoms with Crippen LogP contribution in [0.4, 0.5) is 10.5 Å². The summed E-state index contributed by atoms with van der Waals surface area (Å²) in [5, 5.41) is 14.3. The van der Waals surface area contributed by atoms with E-state index in [-0.39, 0.29) is 6.54 Å². The van der Waals surface area contributed by atoms with Gasteiger partial charge in [0.15, 0.2) is 0 Å². The lowest BCUT2D eigenvalue weighted by atomic mass is 10.1. The minimum atomic E-state index is -0.851. The fourth-order valence-corrected chi connectivity index (χ4v) is 1.87. The molecule has 6 nitrogen and oxygen atoms in total. The van der Waals surface area contributed by atoms with Gasteiger partial charge in [0.25, 0.3) is 0 Å². The highest BCUT2D eigenvalue weighted by molar-refractivity contribution is 5.90. The molecule has 1 aromatic rings. The number of carbonyl (C=O) groups is 2. The first-order chi connectivity index (χ1) is 9.55. The van der Waals surface area contributed by atoms with Gasteiger partial charge in [-0.1, -0.05) is 6.07 Å². The molecule has 0 unspecified atom stereocenters. The van der Waals surface area contributed by atoms with Crippen LogP contribution in [-0.2, 0) is 4.79 Å². The number of anilines is 1. The zero-order valence-corrected chi connectivity index (χ0v) is 11.3. The van der Waals surface area contributed by atoms with Gasteiger partial charge < -0.3 is 20.5 Å². The number of ether oxygens (including phenoxy) is 1. The number of benzene rings is 1. The summed E-state index contributed by atoms with van der Waals surface area (Å²) < 4.78 is 5.33. The van der Waals surface area contributed by atoms with E-state index in [4.69, 9.17) is 9.84 Å². The predicted octanol–water partition coefficient (Wildman–Crippen LogP) is 2.07. The molecule has 0 radical (unpaired) electrons. The molecule has 1 aromatic carbocycles. The molecule has 0 aromatic heterocycles. The maximum absolute atomic E-state index is 11.7. The molecule has 1 saturated carbocycles. The van der Waals surface area contributed by atoms with Crippen molar-refractivity contribution in [1.82, 2.24) is 5.32 Å². The summed E-state index contributed by atoms with van der Waals surface area (Å²) in [7, 11) is 0. The number of nitrogens with one attached hydrogen (secondary N) is 2. The van der Waals surface area contributed by atoms with Gasteiger partial charge in [0.1, 0.15) is 5.75 Å². The molecule has 0 aliphatic heterocycles. The normalized spacial score (nSPS) is 15.2. The number of hydrogen-bond acceptors (Lipinski definition) is 3. The van der Waals surface area contributed by atoms with Crippen LogP contribution >= 0.6 is 0 Å². The highest BCUT2D eigenvalue weighted by Gasteiger charge is 2.50. The Bertz CT molecular complexity index is 512. The number of carboxylic acid groups (broad SMARTS) is 1. The van der Waals surface area contributed by atoms with Crippen molar-refractivity contribution in [2.24, 2.45) is 5.41 Å². The SMILES string of the molecule is CCOc1cccc(NC(=O)NCC2(C(=O)O)CC2)c1. The van der Waals surface area contributed by atoms with Crippen LogP contribution in [0.5, 0.6) is 5.75 Å². The van der Waals surface area contributed by atoms with E-state index in [1.165, 1.54) is 0 Å². The van der Waals surface area contributed by atoms with Gasteiger partial charge in [-0.15, -0.1) is 0 Å². The molecule has 20 heavy (non-hydrogen) atoms. The molecule has 6 heteroatoms. The van der Waals surface area contributed by atoms with Crippen LogP contribution in [0.15, 0.2) is 24.3 Å². The summed E-state index contributed by atoms with van der Waals surface area (Å²) in [5.41, 5.74) is -0.154. The Morgan fingerprint density at radius 2 is 2.15 bits per heavy atom. The van der Waals surface area contributed by atoms with Gasteiger partial charge in [0.05, 0.1) is 12.0 Å². The number of aliphatic carboxylic acids is 1. The van der Waals surface area contributed by atoms with E-state index < -0.39 is 17.4 Å². The van der Waals surface area contributed by atoms with E-state index in [1.54, 1.807) is 24.3 Å². The first-order valence-electron chi connectivity index (χ1n) is 6.57. The van der Waals surface area contributed by atoms with Crippen molar-refractivity contribution in [3.8, 4) is 5.75 Å². The number of hydrogen-bond donors (Lipinski definition) is 3. The molecule has 0 bridgehead atoms. The zero-order valence-electron chi connectivity index (χ0n) is 11.3. The maximum Gasteiger partial charge on any atom is 0.319 e. The first kappa shape index (κ1) is 14.2. The number of carboxylic acids is 1. The molecule has 108 valence electrons. The van der Waals surface area contributed by atoms with Crippen molar-refractivity contribution in [3.63, 3.8) is 0 Å². The molecule has 2 rings (SSSR count). The third-order valence-electron chi connectivity index (χ3n) is 3.30. The summed E-state index contributed by atoms with van der Waals surface area (Å²) in [6.45, 7) is 2.59. The van der Waals surface area contributed by atoms with E-state index in [0.717, 1.165) is 0 Å². The second-order valence-corrected chi connectivity index (χ2v) is 4.85. The number of rotatable bonds is 6. The van der Waals surface area contributed by atoms with Gasteiger partial charge in [-0.3, -0.25) is 4.79 Å². The van der Waals surface area contributed by atoms with Gasteiger partial charge >= 0.3 is 12.0 Å². The minimum absolute atomic E-state index is 0.152. The van der Waals surface area contributed by atoms with Crippen LogP contribution in [0, 0.1) is 5.41 Å². The van der Waals surface area contributed by atoms with Crippen molar-refractivity contribution in [2.45, 2.75) is 19.8 Å². The molecule has 0 saturated heterocycles. The number of urea groups is 1. The molecule has 0 heterocycles. The molecule has 1 aliphatic carbocycles. The smallest absolute Gasteiger partial charge is 0.319 e. The van der Waals surface area contributed by atoms with E-state index in [1.807, 2.05) is 6.92 Å². The summed E-state index contributed by atoms with van der Waals surface area (Å²) in [5.74, 6) is -0.175. The monoisotopic (exact) mass is 278 g/mol.